The van der Waals surface area contributed by atoms with Crippen LogP contribution in [0.3, 0.4) is 0 Å². The SMILES string of the molecule is CN(CCOc1ccccc1)c1cc(N2CCC[C@@H]2CO)ncn1. The van der Waals surface area contributed by atoms with E-state index < -0.39 is 0 Å². The Bertz CT molecular complexity index is 638. The Morgan fingerprint density at radius 2 is 2.12 bits per heavy atom. The monoisotopic (exact) mass is 328 g/mol. The van der Waals surface area contributed by atoms with Gasteiger partial charge in [0.2, 0.25) is 0 Å². The second-order valence-electron chi connectivity index (χ2n) is 5.99. The maximum Gasteiger partial charge on any atom is 0.134 e. The normalized spacial score (nSPS) is 17.1. The number of aliphatic hydroxyl groups is 1. The molecule has 1 aromatic carbocycles. The van der Waals surface area contributed by atoms with Gasteiger partial charge in [0, 0.05) is 19.7 Å². The molecule has 6 nitrogen and oxygen atoms in total. The van der Waals surface area contributed by atoms with Crippen molar-refractivity contribution in [2.75, 3.05) is 43.2 Å². The second kappa shape index (κ2) is 7.97. The number of para-hydroxylation sites is 1. The maximum absolute atomic E-state index is 9.49. The van der Waals surface area contributed by atoms with E-state index in [1.54, 1.807) is 6.33 Å². The zero-order valence-electron chi connectivity index (χ0n) is 14.0. The minimum atomic E-state index is 0.166. The van der Waals surface area contributed by atoms with E-state index in [4.69, 9.17) is 4.74 Å². The van der Waals surface area contributed by atoms with Crippen molar-refractivity contribution in [3.05, 3.63) is 42.7 Å². The van der Waals surface area contributed by atoms with Crippen LogP contribution in [0.1, 0.15) is 12.8 Å². The van der Waals surface area contributed by atoms with Crippen molar-refractivity contribution in [3.8, 4) is 5.75 Å². The van der Waals surface area contributed by atoms with Crippen molar-refractivity contribution in [1.82, 2.24) is 9.97 Å². The lowest BCUT2D eigenvalue weighted by Crippen LogP contribution is -2.33. The highest BCUT2D eigenvalue weighted by atomic mass is 16.5. The first-order chi connectivity index (χ1) is 11.8. The van der Waals surface area contributed by atoms with E-state index in [0.29, 0.717) is 6.61 Å². The van der Waals surface area contributed by atoms with Crippen molar-refractivity contribution < 1.29 is 9.84 Å². The van der Waals surface area contributed by atoms with Gasteiger partial charge in [0.15, 0.2) is 0 Å². The van der Waals surface area contributed by atoms with E-state index in [-0.39, 0.29) is 12.6 Å². The molecule has 0 spiro atoms. The molecule has 1 aliphatic heterocycles. The molecule has 2 aromatic rings. The standard InChI is InChI=1S/C18H24N4O2/c1-21(10-11-24-16-7-3-2-4-8-16)17-12-18(20-14-19-17)22-9-5-6-15(22)13-23/h2-4,7-8,12,14-15,23H,5-6,9-11,13H2,1H3/t15-/m1/s1. The minimum absolute atomic E-state index is 0.166. The molecule has 0 bridgehead atoms. The number of anilines is 2. The summed E-state index contributed by atoms with van der Waals surface area (Å²) in [6.45, 7) is 2.42. The Morgan fingerprint density at radius 3 is 2.92 bits per heavy atom. The molecule has 0 saturated carbocycles. The van der Waals surface area contributed by atoms with E-state index in [0.717, 1.165) is 43.3 Å². The lowest BCUT2D eigenvalue weighted by atomic mass is 10.2. The Morgan fingerprint density at radius 1 is 1.29 bits per heavy atom. The average Bonchev–Trinajstić information content (AvgIpc) is 3.11. The summed E-state index contributed by atoms with van der Waals surface area (Å²) in [5.41, 5.74) is 0. The van der Waals surface area contributed by atoms with Crippen molar-refractivity contribution in [2.45, 2.75) is 18.9 Å². The van der Waals surface area contributed by atoms with Gasteiger partial charge in [-0.25, -0.2) is 9.97 Å². The van der Waals surface area contributed by atoms with Crippen LogP contribution < -0.4 is 14.5 Å². The van der Waals surface area contributed by atoms with E-state index in [1.807, 2.05) is 43.4 Å². The number of aliphatic hydroxyl groups excluding tert-OH is 1. The predicted molar refractivity (Wildman–Crippen MR) is 94.7 cm³/mol. The van der Waals surface area contributed by atoms with Crippen LogP contribution in [0, 0.1) is 0 Å². The number of likely N-dealkylation sites (N-methyl/N-ethyl adjacent to an activating group) is 1. The van der Waals surface area contributed by atoms with Crippen molar-refractivity contribution in [2.24, 2.45) is 0 Å². The molecule has 6 heteroatoms. The zero-order chi connectivity index (χ0) is 16.8. The first-order valence-corrected chi connectivity index (χ1v) is 8.36. The summed E-state index contributed by atoms with van der Waals surface area (Å²) in [4.78, 5) is 13.0. The molecule has 1 aromatic heterocycles. The zero-order valence-corrected chi connectivity index (χ0v) is 14.0. The fourth-order valence-electron chi connectivity index (χ4n) is 2.96. The molecule has 24 heavy (non-hydrogen) atoms. The molecule has 0 radical (unpaired) electrons. The van der Waals surface area contributed by atoms with Crippen LogP contribution >= 0.6 is 0 Å². The molecule has 0 unspecified atom stereocenters. The van der Waals surface area contributed by atoms with Gasteiger partial charge in [0.05, 0.1) is 19.2 Å². The minimum Gasteiger partial charge on any atom is -0.492 e. The summed E-state index contributed by atoms with van der Waals surface area (Å²) >= 11 is 0. The topological polar surface area (TPSA) is 61.7 Å². The number of hydrogen-bond acceptors (Lipinski definition) is 6. The third kappa shape index (κ3) is 3.94. The van der Waals surface area contributed by atoms with Gasteiger partial charge in [-0.2, -0.15) is 0 Å². The Kier molecular flexibility index (Phi) is 5.48. The van der Waals surface area contributed by atoms with E-state index >= 15 is 0 Å². The largest absolute Gasteiger partial charge is 0.492 e. The van der Waals surface area contributed by atoms with Gasteiger partial charge in [0.25, 0.3) is 0 Å². The smallest absolute Gasteiger partial charge is 0.134 e. The van der Waals surface area contributed by atoms with Crippen LogP contribution in [0.25, 0.3) is 0 Å². The summed E-state index contributed by atoms with van der Waals surface area (Å²) in [6.07, 6.45) is 3.69. The fraction of sp³-hybridized carbons (Fsp3) is 0.444. The van der Waals surface area contributed by atoms with Gasteiger partial charge >= 0.3 is 0 Å². The van der Waals surface area contributed by atoms with Crippen LogP contribution in [0.15, 0.2) is 42.7 Å². The Balaban J connectivity index is 1.59. The van der Waals surface area contributed by atoms with Gasteiger partial charge in [0.1, 0.15) is 30.3 Å². The molecular weight excluding hydrogens is 304 g/mol. The molecule has 1 atom stereocenters. The van der Waals surface area contributed by atoms with E-state index in [9.17, 15) is 5.11 Å². The lowest BCUT2D eigenvalue weighted by Gasteiger charge is -2.25. The molecule has 2 heterocycles. The van der Waals surface area contributed by atoms with E-state index in [1.165, 1.54) is 0 Å². The van der Waals surface area contributed by atoms with Crippen LogP contribution in [-0.4, -0.2) is 54.5 Å². The average molecular weight is 328 g/mol. The van der Waals surface area contributed by atoms with Crippen molar-refractivity contribution in [3.63, 3.8) is 0 Å². The number of aromatic nitrogens is 2. The molecule has 1 aliphatic rings. The second-order valence-corrected chi connectivity index (χ2v) is 5.99. The predicted octanol–water partition coefficient (Wildman–Crippen LogP) is 1.95. The van der Waals surface area contributed by atoms with Crippen molar-refractivity contribution >= 4 is 11.6 Å². The van der Waals surface area contributed by atoms with Crippen molar-refractivity contribution in [1.29, 1.82) is 0 Å². The third-order valence-electron chi connectivity index (χ3n) is 4.35. The Labute approximate surface area is 142 Å². The summed E-state index contributed by atoms with van der Waals surface area (Å²) < 4.78 is 5.73. The van der Waals surface area contributed by atoms with Crippen LogP contribution in [-0.2, 0) is 0 Å². The molecular formula is C18H24N4O2. The Hall–Kier alpha value is -2.34. The molecule has 128 valence electrons. The highest BCUT2D eigenvalue weighted by Gasteiger charge is 2.25. The summed E-state index contributed by atoms with van der Waals surface area (Å²) in [7, 11) is 1.99. The summed E-state index contributed by atoms with van der Waals surface area (Å²) in [6, 6.07) is 11.9. The number of benzene rings is 1. The highest BCUT2D eigenvalue weighted by Crippen LogP contribution is 2.25. The van der Waals surface area contributed by atoms with E-state index in [2.05, 4.69) is 19.8 Å². The molecule has 3 rings (SSSR count). The third-order valence-corrected chi connectivity index (χ3v) is 4.35. The van der Waals surface area contributed by atoms with Gasteiger partial charge in [-0.15, -0.1) is 0 Å². The van der Waals surface area contributed by atoms with Gasteiger partial charge < -0.3 is 19.6 Å². The summed E-state index contributed by atoms with van der Waals surface area (Å²) in [5.74, 6) is 2.62. The number of ether oxygens (including phenoxy) is 1. The molecule has 0 amide bonds. The first kappa shape index (κ1) is 16.5. The highest BCUT2D eigenvalue weighted by molar-refractivity contribution is 5.51. The summed E-state index contributed by atoms with van der Waals surface area (Å²) in [5, 5.41) is 9.49. The maximum atomic E-state index is 9.49. The first-order valence-electron chi connectivity index (χ1n) is 8.36. The molecule has 1 N–H and O–H groups in total. The number of nitrogens with zero attached hydrogens (tertiary/aromatic N) is 4. The van der Waals surface area contributed by atoms with Crippen LogP contribution in [0.5, 0.6) is 5.75 Å². The molecule has 0 aliphatic carbocycles. The lowest BCUT2D eigenvalue weighted by molar-refractivity contribution is 0.266. The quantitative estimate of drug-likeness (QED) is 0.838. The van der Waals surface area contributed by atoms with Crippen LogP contribution in [0.2, 0.25) is 0 Å². The van der Waals surface area contributed by atoms with Gasteiger partial charge in [-0.3, -0.25) is 0 Å². The van der Waals surface area contributed by atoms with Gasteiger partial charge in [-0.1, -0.05) is 18.2 Å². The number of hydrogen-bond donors (Lipinski definition) is 1. The van der Waals surface area contributed by atoms with Gasteiger partial charge in [-0.05, 0) is 25.0 Å². The fourth-order valence-corrected chi connectivity index (χ4v) is 2.96. The van der Waals surface area contributed by atoms with Crippen LogP contribution in [0.4, 0.5) is 11.6 Å². The number of rotatable bonds is 7. The molecule has 1 fully saturated rings. The molecule has 1 saturated heterocycles.